The number of nitrogens with one attached hydrogen (secondary N) is 2. The van der Waals surface area contributed by atoms with Gasteiger partial charge in [0.25, 0.3) is 17.7 Å². The van der Waals surface area contributed by atoms with Crippen LogP contribution in [0.2, 0.25) is 0 Å². The van der Waals surface area contributed by atoms with Gasteiger partial charge in [0.15, 0.2) is 12.4 Å². The molecule has 0 unspecified atom stereocenters. The lowest BCUT2D eigenvalue weighted by atomic mass is 10.2. The van der Waals surface area contributed by atoms with E-state index in [2.05, 4.69) is 10.6 Å². The molecule has 0 aliphatic rings. The Hall–Kier alpha value is -3.72. The van der Waals surface area contributed by atoms with Crippen molar-refractivity contribution in [1.29, 1.82) is 0 Å². The van der Waals surface area contributed by atoms with E-state index in [0.29, 0.717) is 10.6 Å². The first kappa shape index (κ1) is 19.1. The van der Waals surface area contributed by atoms with E-state index in [1.165, 1.54) is 47.9 Å². The van der Waals surface area contributed by atoms with Crippen molar-refractivity contribution in [2.45, 2.75) is 0 Å². The van der Waals surface area contributed by atoms with E-state index in [9.17, 15) is 19.2 Å². The molecule has 0 fully saturated rings. The van der Waals surface area contributed by atoms with Gasteiger partial charge in [-0.2, -0.15) is 0 Å². The summed E-state index contributed by atoms with van der Waals surface area (Å²) in [7, 11) is 0. The van der Waals surface area contributed by atoms with Crippen molar-refractivity contribution in [3.63, 3.8) is 0 Å². The predicted octanol–water partition coefficient (Wildman–Crippen LogP) is 2.71. The van der Waals surface area contributed by atoms with Gasteiger partial charge >= 0.3 is 5.97 Å². The Balaban J connectivity index is 1.48. The largest absolute Gasteiger partial charge is 0.459 e. The van der Waals surface area contributed by atoms with Crippen molar-refractivity contribution >= 4 is 40.7 Å². The number of hydrogen-bond acceptors (Lipinski definition) is 7. The van der Waals surface area contributed by atoms with Crippen LogP contribution in [0.4, 0.5) is 5.69 Å². The van der Waals surface area contributed by atoms with Gasteiger partial charge in [-0.3, -0.25) is 19.7 Å². The molecule has 8 nitrogen and oxygen atoms in total. The second-order valence-electron chi connectivity index (χ2n) is 5.44. The fourth-order valence-electron chi connectivity index (χ4n) is 2.14. The average molecular weight is 398 g/mol. The van der Waals surface area contributed by atoms with Gasteiger partial charge in [0.1, 0.15) is 0 Å². The van der Waals surface area contributed by atoms with Crippen LogP contribution >= 0.6 is 11.3 Å². The molecule has 1 aromatic carbocycles. The zero-order valence-corrected chi connectivity index (χ0v) is 15.2. The zero-order chi connectivity index (χ0) is 19.9. The van der Waals surface area contributed by atoms with Crippen molar-refractivity contribution < 1.29 is 28.3 Å². The molecule has 3 aromatic rings. The van der Waals surface area contributed by atoms with Crippen LogP contribution in [-0.4, -0.2) is 30.3 Å². The number of rotatable bonds is 6. The van der Waals surface area contributed by atoms with E-state index >= 15 is 0 Å². The third-order valence-corrected chi connectivity index (χ3v) is 4.32. The Labute approximate surface area is 163 Å². The quantitative estimate of drug-likeness (QED) is 0.617. The van der Waals surface area contributed by atoms with Crippen molar-refractivity contribution in [2.75, 3.05) is 11.9 Å². The van der Waals surface area contributed by atoms with Gasteiger partial charge in [-0.05, 0) is 47.8 Å². The zero-order valence-electron chi connectivity index (χ0n) is 14.3. The van der Waals surface area contributed by atoms with Gasteiger partial charge in [0.05, 0.1) is 16.7 Å². The topological polar surface area (TPSA) is 115 Å². The molecule has 0 saturated carbocycles. The first-order chi connectivity index (χ1) is 13.5. The Morgan fingerprint density at radius 1 is 0.964 bits per heavy atom. The maximum absolute atomic E-state index is 12.0. The first-order valence-corrected chi connectivity index (χ1v) is 8.90. The summed E-state index contributed by atoms with van der Waals surface area (Å²) in [6.45, 7) is -0.590. The van der Waals surface area contributed by atoms with E-state index in [4.69, 9.17) is 9.15 Å². The molecular weight excluding hydrogens is 384 g/mol. The lowest BCUT2D eigenvalue weighted by Crippen LogP contribution is -2.33. The second kappa shape index (κ2) is 8.78. The monoisotopic (exact) mass is 398 g/mol. The van der Waals surface area contributed by atoms with Crippen LogP contribution in [0.1, 0.15) is 30.6 Å². The fraction of sp³-hybridized carbons (Fsp3) is 0.0526. The molecule has 0 aliphatic heterocycles. The van der Waals surface area contributed by atoms with Gasteiger partial charge in [-0.25, -0.2) is 4.79 Å². The summed E-state index contributed by atoms with van der Waals surface area (Å²) >= 11 is 1.19. The molecule has 0 saturated heterocycles. The smallest absolute Gasteiger partial charge is 0.338 e. The number of anilines is 1. The summed E-state index contributed by atoms with van der Waals surface area (Å²) in [5.74, 6) is -2.27. The number of esters is 1. The normalized spacial score (nSPS) is 10.1. The van der Waals surface area contributed by atoms with Crippen LogP contribution in [-0.2, 0) is 9.53 Å². The highest BCUT2D eigenvalue weighted by Crippen LogP contribution is 2.13. The minimum Gasteiger partial charge on any atom is -0.459 e. The molecule has 0 bridgehead atoms. The van der Waals surface area contributed by atoms with Crippen molar-refractivity contribution in [3.05, 3.63) is 76.4 Å². The molecule has 3 amide bonds. The highest BCUT2D eigenvalue weighted by atomic mass is 32.1. The van der Waals surface area contributed by atoms with E-state index in [0.717, 1.165) is 0 Å². The summed E-state index contributed by atoms with van der Waals surface area (Å²) in [6, 6.07) is 12.3. The minimum atomic E-state index is -0.734. The number of furan rings is 1. The molecule has 0 aliphatic carbocycles. The van der Waals surface area contributed by atoms with Gasteiger partial charge in [-0.15, -0.1) is 11.3 Å². The Bertz CT molecular complexity index is 978. The third kappa shape index (κ3) is 4.92. The molecule has 2 heterocycles. The molecule has 28 heavy (non-hydrogen) atoms. The van der Waals surface area contributed by atoms with Crippen LogP contribution in [0, 0.1) is 0 Å². The number of carbonyl (C=O) groups is 4. The number of carbonyl (C=O) groups excluding carboxylic acids is 4. The van der Waals surface area contributed by atoms with Gasteiger partial charge in [-0.1, -0.05) is 6.07 Å². The number of ether oxygens (including phenoxy) is 1. The maximum atomic E-state index is 12.0. The van der Waals surface area contributed by atoms with E-state index in [-0.39, 0.29) is 11.3 Å². The molecule has 0 radical (unpaired) electrons. The van der Waals surface area contributed by atoms with E-state index in [1.807, 2.05) is 0 Å². The van der Waals surface area contributed by atoms with Crippen molar-refractivity contribution in [1.82, 2.24) is 5.32 Å². The highest BCUT2D eigenvalue weighted by Gasteiger charge is 2.15. The molecule has 2 aromatic heterocycles. The second-order valence-corrected chi connectivity index (χ2v) is 6.39. The molecule has 2 N–H and O–H groups in total. The number of thiophene rings is 1. The Morgan fingerprint density at radius 2 is 1.75 bits per heavy atom. The van der Waals surface area contributed by atoms with Gasteiger partial charge in [0.2, 0.25) is 0 Å². The minimum absolute atomic E-state index is 0.159. The van der Waals surface area contributed by atoms with Crippen LogP contribution < -0.4 is 10.6 Å². The molecule has 0 spiro atoms. The van der Waals surface area contributed by atoms with Gasteiger partial charge in [0, 0.05) is 5.69 Å². The predicted molar refractivity (Wildman–Crippen MR) is 100 cm³/mol. The average Bonchev–Trinajstić information content (AvgIpc) is 3.40. The summed E-state index contributed by atoms with van der Waals surface area (Å²) < 4.78 is 9.87. The van der Waals surface area contributed by atoms with Gasteiger partial charge < -0.3 is 14.5 Å². The Kier molecular flexibility index (Phi) is 5.97. The van der Waals surface area contributed by atoms with Crippen LogP contribution in [0.5, 0.6) is 0 Å². The summed E-state index contributed by atoms with van der Waals surface area (Å²) in [4.78, 5) is 47.7. The number of amides is 3. The summed E-state index contributed by atoms with van der Waals surface area (Å²) in [6.07, 6.45) is 1.39. The standard InChI is InChI=1S/C19H14N2O6S/c22-16(21-18(24)15-4-2-10-28-15)11-27-19(25)12-5-7-13(8-6-12)20-17(23)14-3-1-9-26-14/h1-10H,11H2,(H,20,23)(H,21,22,24). The van der Waals surface area contributed by atoms with Crippen LogP contribution in [0.25, 0.3) is 0 Å². The summed E-state index contributed by atoms with van der Waals surface area (Å²) in [5.41, 5.74) is 0.644. The first-order valence-electron chi connectivity index (χ1n) is 8.02. The summed E-state index contributed by atoms with van der Waals surface area (Å²) in [5, 5.41) is 6.45. The number of imide groups is 1. The van der Waals surface area contributed by atoms with E-state index in [1.54, 1.807) is 23.6 Å². The molecule has 142 valence electrons. The van der Waals surface area contributed by atoms with Crippen LogP contribution in [0.3, 0.4) is 0 Å². The fourth-order valence-corrected chi connectivity index (χ4v) is 2.76. The van der Waals surface area contributed by atoms with Crippen LogP contribution in [0.15, 0.2) is 64.6 Å². The number of benzene rings is 1. The lowest BCUT2D eigenvalue weighted by Gasteiger charge is -2.07. The molecule has 9 heteroatoms. The molecule has 0 atom stereocenters. The highest BCUT2D eigenvalue weighted by molar-refractivity contribution is 7.12. The Morgan fingerprint density at radius 3 is 2.39 bits per heavy atom. The van der Waals surface area contributed by atoms with E-state index < -0.39 is 30.3 Å². The van der Waals surface area contributed by atoms with Crippen molar-refractivity contribution in [2.24, 2.45) is 0 Å². The number of hydrogen-bond donors (Lipinski definition) is 2. The molecular formula is C19H14N2O6S. The maximum Gasteiger partial charge on any atom is 0.338 e. The lowest BCUT2D eigenvalue weighted by molar-refractivity contribution is -0.123. The SMILES string of the molecule is O=C(COC(=O)c1ccc(NC(=O)c2ccco2)cc1)NC(=O)c1cccs1. The molecule has 3 rings (SSSR count). The van der Waals surface area contributed by atoms with Crippen molar-refractivity contribution in [3.8, 4) is 0 Å². The third-order valence-electron chi connectivity index (χ3n) is 3.46.